The van der Waals surface area contributed by atoms with Crippen LogP contribution >= 0.6 is 12.4 Å². The van der Waals surface area contributed by atoms with E-state index in [4.69, 9.17) is 5.11 Å². The van der Waals surface area contributed by atoms with Gasteiger partial charge in [-0.05, 0) is 6.42 Å². The zero-order chi connectivity index (χ0) is 7.56. The van der Waals surface area contributed by atoms with Crippen molar-refractivity contribution in [2.45, 2.75) is 13.3 Å². The molecule has 0 unspecified atom stereocenters. The summed E-state index contributed by atoms with van der Waals surface area (Å²) in [5.41, 5.74) is 0.940. The number of rotatable bonds is 2. The van der Waals surface area contributed by atoms with Gasteiger partial charge in [-0.25, -0.2) is 4.79 Å². The van der Waals surface area contributed by atoms with E-state index in [0.717, 1.165) is 5.56 Å². The molecule has 0 amide bonds. The minimum absolute atomic E-state index is 0. The Hall–Kier alpha value is -1.03. The number of nitrogens with zero attached hydrogens (tertiary/aromatic N) is 1. The first-order valence-electron chi connectivity index (χ1n) is 3.01. The van der Waals surface area contributed by atoms with E-state index >= 15 is 0 Å². The maximum Gasteiger partial charge on any atom is 0.354 e. The maximum atomic E-state index is 10.4. The van der Waals surface area contributed by atoms with Gasteiger partial charge in [-0.2, -0.15) is 5.10 Å². The molecule has 0 spiro atoms. The fraction of sp³-hybridized carbons (Fsp3) is 0.333. The predicted molar refractivity (Wildman–Crippen MR) is 42.2 cm³/mol. The molecule has 0 aliphatic heterocycles. The first kappa shape index (κ1) is 9.97. The molecule has 1 rings (SSSR count). The molecule has 0 aliphatic rings. The van der Waals surface area contributed by atoms with Gasteiger partial charge >= 0.3 is 5.97 Å². The molecule has 1 aromatic rings. The number of hydrogen-bond acceptors (Lipinski definition) is 2. The average Bonchev–Trinajstić information content (AvgIpc) is 2.33. The van der Waals surface area contributed by atoms with Crippen molar-refractivity contribution in [2.24, 2.45) is 0 Å². The number of nitrogens with one attached hydrogen (secondary N) is 1. The number of halogens is 1. The van der Waals surface area contributed by atoms with Crippen LogP contribution in [0.5, 0.6) is 0 Å². The van der Waals surface area contributed by atoms with E-state index < -0.39 is 5.97 Å². The van der Waals surface area contributed by atoms with E-state index in [-0.39, 0.29) is 18.1 Å². The second-order valence-corrected chi connectivity index (χ2v) is 1.93. The van der Waals surface area contributed by atoms with Crippen molar-refractivity contribution in [3.8, 4) is 0 Å². The fourth-order valence-electron chi connectivity index (χ4n) is 0.764. The van der Waals surface area contributed by atoms with Crippen LogP contribution in [-0.2, 0) is 6.42 Å². The molecule has 2 N–H and O–H groups in total. The lowest BCUT2D eigenvalue weighted by Crippen LogP contribution is -2.00. The van der Waals surface area contributed by atoms with Crippen LogP contribution in [0.15, 0.2) is 6.20 Å². The van der Waals surface area contributed by atoms with Gasteiger partial charge in [0.25, 0.3) is 0 Å². The van der Waals surface area contributed by atoms with E-state index in [0.29, 0.717) is 6.42 Å². The maximum absolute atomic E-state index is 10.4. The summed E-state index contributed by atoms with van der Waals surface area (Å²) in [6.07, 6.45) is 2.22. The molecule has 5 heteroatoms. The number of carbonyl (C=O) groups is 1. The van der Waals surface area contributed by atoms with Crippen molar-refractivity contribution >= 4 is 18.4 Å². The molecule has 11 heavy (non-hydrogen) atoms. The van der Waals surface area contributed by atoms with Crippen molar-refractivity contribution in [2.75, 3.05) is 0 Å². The Morgan fingerprint density at radius 2 is 2.45 bits per heavy atom. The van der Waals surface area contributed by atoms with Crippen LogP contribution in [0.1, 0.15) is 23.0 Å². The Labute approximate surface area is 70.0 Å². The second-order valence-electron chi connectivity index (χ2n) is 1.93. The highest BCUT2D eigenvalue weighted by atomic mass is 35.5. The van der Waals surface area contributed by atoms with Gasteiger partial charge in [0.05, 0.1) is 6.20 Å². The molecule has 0 saturated carbocycles. The molecule has 0 aliphatic carbocycles. The van der Waals surface area contributed by atoms with Crippen LogP contribution in [0.4, 0.5) is 0 Å². The van der Waals surface area contributed by atoms with Crippen LogP contribution in [0.2, 0.25) is 0 Å². The lowest BCUT2D eigenvalue weighted by Gasteiger charge is -1.90. The third-order valence-corrected chi connectivity index (χ3v) is 1.31. The Morgan fingerprint density at radius 1 is 1.82 bits per heavy atom. The summed E-state index contributed by atoms with van der Waals surface area (Å²) in [5, 5.41) is 14.5. The van der Waals surface area contributed by atoms with Crippen LogP contribution in [0, 0.1) is 0 Å². The molecule has 0 bridgehead atoms. The van der Waals surface area contributed by atoms with Gasteiger partial charge in [0.1, 0.15) is 5.69 Å². The topological polar surface area (TPSA) is 66.0 Å². The van der Waals surface area contributed by atoms with Crippen molar-refractivity contribution in [3.63, 3.8) is 0 Å². The Kier molecular flexibility index (Phi) is 3.60. The molecular weight excluding hydrogens is 168 g/mol. The first-order valence-corrected chi connectivity index (χ1v) is 3.01. The number of aryl methyl sites for hydroxylation is 1. The van der Waals surface area contributed by atoms with Crippen molar-refractivity contribution < 1.29 is 9.90 Å². The van der Waals surface area contributed by atoms with Crippen LogP contribution in [0.3, 0.4) is 0 Å². The van der Waals surface area contributed by atoms with E-state index in [1.807, 2.05) is 6.92 Å². The highest BCUT2D eigenvalue weighted by Gasteiger charge is 2.09. The molecule has 0 fully saturated rings. The third-order valence-electron chi connectivity index (χ3n) is 1.31. The van der Waals surface area contributed by atoms with Gasteiger partial charge < -0.3 is 5.11 Å². The molecule has 0 atom stereocenters. The highest BCUT2D eigenvalue weighted by Crippen LogP contribution is 2.03. The summed E-state index contributed by atoms with van der Waals surface area (Å²) in [4.78, 5) is 10.4. The highest BCUT2D eigenvalue weighted by molar-refractivity contribution is 5.86. The molecular formula is C6H9ClN2O2. The van der Waals surface area contributed by atoms with Gasteiger partial charge in [0.15, 0.2) is 0 Å². The molecule has 0 aromatic carbocycles. The number of aromatic carboxylic acids is 1. The smallest absolute Gasteiger partial charge is 0.354 e. The Balaban J connectivity index is 0.000001000. The monoisotopic (exact) mass is 176 g/mol. The lowest BCUT2D eigenvalue weighted by atomic mass is 10.2. The molecule has 0 saturated heterocycles. The molecule has 1 aromatic heterocycles. The van der Waals surface area contributed by atoms with Crippen molar-refractivity contribution in [1.82, 2.24) is 10.2 Å². The second kappa shape index (κ2) is 3.98. The lowest BCUT2D eigenvalue weighted by molar-refractivity contribution is 0.0689. The molecule has 62 valence electrons. The number of carboxylic acid groups (broad SMARTS) is 1. The number of hydrogen-bond donors (Lipinski definition) is 2. The van der Waals surface area contributed by atoms with E-state index in [9.17, 15) is 4.79 Å². The van der Waals surface area contributed by atoms with E-state index in [2.05, 4.69) is 10.2 Å². The minimum atomic E-state index is -0.950. The minimum Gasteiger partial charge on any atom is -0.477 e. The zero-order valence-electron chi connectivity index (χ0n) is 6.00. The van der Waals surface area contributed by atoms with Crippen LogP contribution in [0.25, 0.3) is 0 Å². The summed E-state index contributed by atoms with van der Waals surface area (Å²) < 4.78 is 0. The standard InChI is InChI=1S/C6H8N2O2.ClH/c1-2-4-3-7-8-5(4)6(9)10;/h3H,2H2,1H3,(H,7,8)(H,9,10);1H. The third kappa shape index (κ3) is 1.94. The van der Waals surface area contributed by atoms with Gasteiger partial charge in [-0.15, -0.1) is 12.4 Å². The van der Waals surface area contributed by atoms with E-state index in [1.165, 1.54) is 6.20 Å². The largest absolute Gasteiger partial charge is 0.477 e. The summed E-state index contributed by atoms with van der Waals surface area (Å²) >= 11 is 0. The van der Waals surface area contributed by atoms with Crippen LogP contribution in [-0.4, -0.2) is 21.3 Å². The number of carboxylic acids is 1. The van der Waals surface area contributed by atoms with Gasteiger partial charge in [0, 0.05) is 5.56 Å². The fourth-order valence-corrected chi connectivity index (χ4v) is 0.764. The number of aromatic nitrogens is 2. The van der Waals surface area contributed by atoms with Crippen molar-refractivity contribution in [3.05, 3.63) is 17.5 Å². The number of aromatic amines is 1. The SMILES string of the molecule is CCc1cn[nH]c1C(=O)O.Cl. The molecule has 0 radical (unpaired) electrons. The summed E-state index contributed by atoms with van der Waals surface area (Å²) in [6.45, 7) is 1.89. The normalized spacial score (nSPS) is 8.82. The molecule has 4 nitrogen and oxygen atoms in total. The Morgan fingerprint density at radius 3 is 2.82 bits per heavy atom. The average molecular weight is 177 g/mol. The Bertz CT molecular complexity index is 246. The molecule has 1 heterocycles. The van der Waals surface area contributed by atoms with Gasteiger partial charge in [0.2, 0.25) is 0 Å². The summed E-state index contributed by atoms with van der Waals surface area (Å²) in [7, 11) is 0. The first-order chi connectivity index (χ1) is 4.75. The quantitative estimate of drug-likeness (QED) is 0.709. The number of H-pyrrole nitrogens is 1. The summed E-state index contributed by atoms with van der Waals surface area (Å²) in [6, 6.07) is 0. The summed E-state index contributed by atoms with van der Waals surface area (Å²) in [5.74, 6) is -0.950. The van der Waals surface area contributed by atoms with Crippen LogP contribution < -0.4 is 0 Å². The van der Waals surface area contributed by atoms with Gasteiger partial charge in [-0.1, -0.05) is 6.92 Å². The van der Waals surface area contributed by atoms with E-state index in [1.54, 1.807) is 0 Å². The van der Waals surface area contributed by atoms with Gasteiger partial charge in [-0.3, -0.25) is 5.10 Å². The van der Waals surface area contributed by atoms with Crippen molar-refractivity contribution in [1.29, 1.82) is 0 Å². The predicted octanol–water partition coefficient (Wildman–Crippen LogP) is 1.09. The zero-order valence-corrected chi connectivity index (χ0v) is 6.81.